The summed E-state index contributed by atoms with van der Waals surface area (Å²) >= 11 is 0. The Morgan fingerprint density at radius 1 is 1.24 bits per heavy atom. The summed E-state index contributed by atoms with van der Waals surface area (Å²) in [5.74, 6) is 0.0496. The fourth-order valence-corrected chi connectivity index (χ4v) is 1.60. The third-order valence-corrected chi connectivity index (χ3v) is 2.59. The molecule has 5 heteroatoms. The van der Waals surface area contributed by atoms with E-state index < -0.39 is 6.04 Å². The van der Waals surface area contributed by atoms with E-state index in [0.29, 0.717) is 25.4 Å². The van der Waals surface area contributed by atoms with Gasteiger partial charge in [0.1, 0.15) is 0 Å². The molecule has 0 fully saturated rings. The van der Waals surface area contributed by atoms with Gasteiger partial charge in [0, 0.05) is 13.1 Å². The van der Waals surface area contributed by atoms with Gasteiger partial charge in [-0.25, -0.2) is 0 Å². The van der Waals surface area contributed by atoms with Crippen LogP contribution in [0.3, 0.4) is 0 Å². The lowest BCUT2D eigenvalue weighted by atomic mass is 10.0. The van der Waals surface area contributed by atoms with E-state index in [2.05, 4.69) is 5.32 Å². The quantitative estimate of drug-likeness (QED) is 0.677. The number of nitrogens with zero attached hydrogens (tertiary/aromatic N) is 1. The number of hydrogen-bond donors (Lipinski definition) is 2. The van der Waals surface area contributed by atoms with Crippen molar-refractivity contribution in [2.24, 2.45) is 11.7 Å². The van der Waals surface area contributed by atoms with Crippen LogP contribution in [0.25, 0.3) is 0 Å². The molecule has 0 saturated heterocycles. The number of nitrogens with two attached hydrogens (primary N) is 1. The molecule has 0 aliphatic rings. The van der Waals surface area contributed by atoms with Crippen LogP contribution in [0, 0.1) is 5.92 Å². The van der Waals surface area contributed by atoms with E-state index in [-0.39, 0.29) is 18.4 Å². The minimum atomic E-state index is -0.528. The van der Waals surface area contributed by atoms with Crippen LogP contribution in [0.1, 0.15) is 34.1 Å². The van der Waals surface area contributed by atoms with E-state index in [1.54, 1.807) is 4.90 Å². The largest absolute Gasteiger partial charge is 0.346 e. The topological polar surface area (TPSA) is 75.4 Å². The molecule has 3 N–H and O–H groups in total. The fourth-order valence-electron chi connectivity index (χ4n) is 1.60. The molecule has 0 saturated carbocycles. The number of nitrogens with one attached hydrogen (secondary N) is 1. The van der Waals surface area contributed by atoms with Gasteiger partial charge in [-0.05, 0) is 26.2 Å². The van der Waals surface area contributed by atoms with Crippen molar-refractivity contribution in [3.63, 3.8) is 0 Å². The number of carbonyl (C=O) groups excluding carboxylic acids is 2. The molecule has 0 heterocycles. The van der Waals surface area contributed by atoms with Gasteiger partial charge < -0.3 is 16.0 Å². The molecule has 1 atom stereocenters. The highest BCUT2D eigenvalue weighted by molar-refractivity contribution is 5.87. The van der Waals surface area contributed by atoms with Gasteiger partial charge in [0.05, 0.1) is 12.6 Å². The van der Waals surface area contributed by atoms with Crippen LogP contribution in [0.4, 0.5) is 0 Å². The van der Waals surface area contributed by atoms with Crippen molar-refractivity contribution in [3.8, 4) is 0 Å². The smallest absolute Gasteiger partial charge is 0.241 e. The molecule has 0 spiro atoms. The summed E-state index contributed by atoms with van der Waals surface area (Å²) in [6, 6.07) is -0.528. The maximum Gasteiger partial charge on any atom is 0.241 e. The summed E-state index contributed by atoms with van der Waals surface area (Å²) in [7, 11) is 0. The molecule has 0 bridgehead atoms. The molecule has 0 radical (unpaired) electrons. The van der Waals surface area contributed by atoms with Crippen molar-refractivity contribution in [2.75, 3.05) is 19.6 Å². The molecule has 17 heavy (non-hydrogen) atoms. The second kappa shape index (κ2) is 8.06. The van der Waals surface area contributed by atoms with Crippen molar-refractivity contribution in [3.05, 3.63) is 0 Å². The molecule has 100 valence electrons. The van der Waals surface area contributed by atoms with Crippen LogP contribution in [0.2, 0.25) is 0 Å². The third-order valence-electron chi connectivity index (χ3n) is 2.59. The maximum absolute atomic E-state index is 11.6. The van der Waals surface area contributed by atoms with E-state index >= 15 is 0 Å². The Labute approximate surface area is 104 Å². The van der Waals surface area contributed by atoms with Crippen LogP contribution in [0.15, 0.2) is 0 Å². The van der Waals surface area contributed by atoms with Crippen LogP contribution >= 0.6 is 0 Å². The summed E-state index contributed by atoms with van der Waals surface area (Å²) in [5.41, 5.74) is 5.71. The Balaban J connectivity index is 4.02. The predicted octanol–water partition coefficient (Wildman–Crippen LogP) is 0.344. The first kappa shape index (κ1) is 15.9. The maximum atomic E-state index is 11.6. The molecule has 0 aromatic rings. The average molecular weight is 243 g/mol. The number of amides is 2. The minimum absolute atomic E-state index is 0.0340. The number of carbonyl (C=O) groups is 2. The Morgan fingerprint density at radius 3 is 2.18 bits per heavy atom. The monoisotopic (exact) mass is 243 g/mol. The second-order valence-electron chi connectivity index (χ2n) is 4.52. The van der Waals surface area contributed by atoms with Crippen LogP contribution in [-0.2, 0) is 9.59 Å². The molecule has 5 nitrogen and oxygen atoms in total. The van der Waals surface area contributed by atoms with Crippen LogP contribution in [0.5, 0.6) is 0 Å². The Kier molecular flexibility index (Phi) is 7.54. The van der Waals surface area contributed by atoms with Gasteiger partial charge in [0.15, 0.2) is 0 Å². The van der Waals surface area contributed by atoms with Crippen molar-refractivity contribution >= 4 is 11.8 Å². The first-order chi connectivity index (χ1) is 7.92. The number of hydrogen-bond acceptors (Lipinski definition) is 3. The summed E-state index contributed by atoms with van der Waals surface area (Å²) < 4.78 is 0. The highest BCUT2D eigenvalue weighted by atomic mass is 16.2. The highest BCUT2D eigenvalue weighted by Crippen LogP contribution is 2.02. The van der Waals surface area contributed by atoms with Crippen molar-refractivity contribution in [1.29, 1.82) is 0 Å². The molecule has 0 rings (SSSR count). The first-order valence-corrected chi connectivity index (χ1v) is 6.23. The molecule has 0 aromatic carbocycles. The summed E-state index contributed by atoms with van der Waals surface area (Å²) in [4.78, 5) is 24.9. The number of rotatable bonds is 7. The van der Waals surface area contributed by atoms with E-state index in [4.69, 9.17) is 5.73 Å². The lowest BCUT2D eigenvalue weighted by molar-refractivity contribution is -0.132. The Bertz CT molecular complexity index is 250. The van der Waals surface area contributed by atoms with E-state index in [1.165, 1.54) is 0 Å². The molecule has 0 aliphatic heterocycles. The molecule has 0 aliphatic carbocycles. The van der Waals surface area contributed by atoms with E-state index in [0.717, 1.165) is 0 Å². The Hall–Kier alpha value is -1.10. The lowest BCUT2D eigenvalue weighted by Crippen LogP contribution is -2.46. The summed E-state index contributed by atoms with van der Waals surface area (Å²) in [5, 5.41) is 2.58. The lowest BCUT2D eigenvalue weighted by Gasteiger charge is -2.20. The van der Waals surface area contributed by atoms with Crippen LogP contribution in [-0.4, -0.2) is 42.4 Å². The SMILES string of the molecule is CCN(CC)C(=O)CNC(=O)C(N)CC(C)C. The third kappa shape index (κ3) is 6.26. The fraction of sp³-hybridized carbons (Fsp3) is 0.833. The predicted molar refractivity (Wildman–Crippen MR) is 68.4 cm³/mol. The van der Waals surface area contributed by atoms with Gasteiger partial charge in [-0.15, -0.1) is 0 Å². The molecular weight excluding hydrogens is 218 g/mol. The van der Waals surface area contributed by atoms with Crippen molar-refractivity contribution in [1.82, 2.24) is 10.2 Å². The van der Waals surface area contributed by atoms with E-state index in [1.807, 2.05) is 27.7 Å². The van der Waals surface area contributed by atoms with Crippen molar-refractivity contribution in [2.45, 2.75) is 40.2 Å². The van der Waals surface area contributed by atoms with Crippen molar-refractivity contribution < 1.29 is 9.59 Å². The molecule has 1 unspecified atom stereocenters. The van der Waals surface area contributed by atoms with Gasteiger partial charge in [-0.3, -0.25) is 9.59 Å². The standard InChI is InChI=1S/C12H25N3O2/c1-5-15(6-2)11(16)8-14-12(17)10(13)7-9(3)4/h9-10H,5-8,13H2,1-4H3,(H,14,17). The zero-order valence-corrected chi connectivity index (χ0v) is 11.3. The van der Waals surface area contributed by atoms with Crippen LogP contribution < -0.4 is 11.1 Å². The van der Waals surface area contributed by atoms with Gasteiger partial charge in [-0.2, -0.15) is 0 Å². The second-order valence-corrected chi connectivity index (χ2v) is 4.52. The van der Waals surface area contributed by atoms with Gasteiger partial charge in [-0.1, -0.05) is 13.8 Å². The van der Waals surface area contributed by atoms with Gasteiger partial charge >= 0.3 is 0 Å². The van der Waals surface area contributed by atoms with Gasteiger partial charge in [0.25, 0.3) is 0 Å². The Morgan fingerprint density at radius 2 is 1.76 bits per heavy atom. The first-order valence-electron chi connectivity index (χ1n) is 6.23. The number of likely N-dealkylation sites (N-methyl/N-ethyl adjacent to an activating group) is 1. The highest BCUT2D eigenvalue weighted by Gasteiger charge is 2.16. The summed E-state index contributed by atoms with van der Waals surface area (Å²) in [6.07, 6.45) is 0.630. The average Bonchev–Trinajstić information content (AvgIpc) is 2.26. The zero-order chi connectivity index (χ0) is 13.4. The van der Waals surface area contributed by atoms with E-state index in [9.17, 15) is 9.59 Å². The zero-order valence-electron chi connectivity index (χ0n) is 11.3. The molecular formula is C12H25N3O2. The molecule has 2 amide bonds. The minimum Gasteiger partial charge on any atom is -0.346 e. The molecule has 0 aromatic heterocycles. The summed E-state index contributed by atoms with van der Waals surface area (Å²) in [6.45, 7) is 9.18. The van der Waals surface area contributed by atoms with Gasteiger partial charge in [0.2, 0.25) is 11.8 Å². The normalized spacial score (nSPS) is 12.4.